The number of carbonyl (C=O) groups is 2. The number of aromatic nitrogens is 2. The Morgan fingerprint density at radius 1 is 1.26 bits per heavy atom. The van der Waals surface area contributed by atoms with Crippen molar-refractivity contribution in [1.29, 1.82) is 0 Å². The molecule has 1 aromatic carbocycles. The van der Waals surface area contributed by atoms with E-state index < -0.39 is 0 Å². The molecule has 3 aromatic rings. The van der Waals surface area contributed by atoms with Gasteiger partial charge in [0.05, 0.1) is 12.2 Å². The summed E-state index contributed by atoms with van der Waals surface area (Å²) < 4.78 is 13.2. The molecule has 3 amide bonds. The minimum Gasteiger partial charge on any atom is -0.347 e. The topological polar surface area (TPSA) is 78.4 Å². The maximum atomic E-state index is 13.2. The smallest absolute Gasteiger partial charge is 0.326 e. The van der Waals surface area contributed by atoms with Crippen molar-refractivity contribution >= 4 is 28.4 Å². The molecule has 0 bridgehead atoms. The van der Waals surface area contributed by atoms with Gasteiger partial charge in [-0.3, -0.25) is 14.7 Å². The highest BCUT2D eigenvalue weighted by Crippen LogP contribution is 2.31. The van der Waals surface area contributed by atoms with Crippen molar-refractivity contribution in [2.45, 2.75) is 33.0 Å². The molecular weight excluding hydrogens is 417 g/mol. The fourth-order valence-electron chi connectivity index (χ4n) is 3.43. The molecule has 0 saturated carbocycles. The number of rotatable bonds is 6. The second-order valence-corrected chi connectivity index (χ2v) is 8.43. The van der Waals surface area contributed by atoms with Crippen LogP contribution in [0.25, 0.3) is 0 Å². The van der Waals surface area contributed by atoms with Crippen molar-refractivity contribution in [2.24, 2.45) is 0 Å². The number of nitrogens with one attached hydrogen (secondary N) is 1. The van der Waals surface area contributed by atoms with Crippen LogP contribution >= 0.6 is 11.3 Å². The highest BCUT2D eigenvalue weighted by molar-refractivity contribution is 7.17. The lowest BCUT2D eigenvalue weighted by molar-refractivity contribution is 0.0954. The van der Waals surface area contributed by atoms with Crippen molar-refractivity contribution in [2.75, 3.05) is 11.4 Å². The number of hydrogen-bond acceptors (Lipinski definition) is 5. The molecule has 0 radical (unpaired) electrons. The van der Waals surface area contributed by atoms with E-state index in [4.69, 9.17) is 0 Å². The third kappa shape index (κ3) is 4.56. The van der Waals surface area contributed by atoms with E-state index in [1.807, 2.05) is 19.1 Å². The van der Waals surface area contributed by atoms with Gasteiger partial charge in [-0.2, -0.15) is 0 Å². The van der Waals surface area contributed by atoms with Crippen LogP contribution in [-0.4, -0.2) is 39.4 Å². The lowest BCUT2D eigenvalue weighted by Crippen LogP contribution is -2.33. The number of pyridine rings is 1. The number of halogens is 1. The zero-order chi connectivity index (χ0) is 22.0. The van der Waals surface area contributed by atoms with E-state index in [1.165, 1.54) is 23.5 Å². The quantitative estimate of drug-likeness (QED) is 0.635. The molecular formula is C22H22FN5O2S. The lowest BCUT2D eigenvalue weighted by Gasteiger charge is -2.20. The van der Waals surface area contributed by atoms with Gasteiger partial charge in [-0.05, 0) is 43.2 Å². The molecule has 2 aromatic heterocycles. The van der Waals surface area contributed by atoms with Gasteiger partial charge in [0.15, 0.2) is 5.13 Å². The van der Waals surface area contributed by atoms with Gasteiger partial charge in [-0.15, -0.1) is 0 Å². The number of carbonyl (C=O) groups excluding carboxylic acids is 2. The summed E-state index contributed by atoms with van der Waals surface area (Å²) in [5, 5.41) is 3.38. The largest absolute Gasteiger partial charge is 0.347 e. The molecule has 160 valence electrons. The minimum atomic E-state index is -0.307. The van der Waals surface area contributed by atoms with Crippen LogP contribution in [-0.2, 0) is 13.1 Å². The minimum absolute atomic E-state index is 0.0374. The molecule has 0 spiro atoms. The van der Waals surface area contributed by atoms with Gasteiger partial charge in [0, 0.05) is 31.5 Å². The summed E-state index contributed by atoms with van der Waals surface area (Å²) >= 11 is 1.21. The summed E-state index contributed by atoms with van der Waals surface area (Å²) in [6, 6.07) is 9.62. The normalized spacial score (nSPS) is 16.1. The first-order valence-corrected chi connectivity index (χ1v) is 10.7. The van der Waals surface area contributed by atoms with Gasteiger partial charge in [0.1, 0.15) is 10.7 Å². The first-order valence-electron chi connectivity index (χ1n) is 9.89. The van der Waals surface area contributed by atoms with E-state index in [2.05, 4.69) is 15.3 Å². The summed E-state index contributed by atoms with van der Waals surface area (Å²) in [7, 11) is 0. The Balaban J connectivity index is 1.45. The van der Waals surface area contributed by atoms with Gasteiger partial charge >= 0.3 is 6.03 Å². The monoisotopic (exact) mass is 439 g/mol. The van der Waals surface area contributed by atoms with Crippen LogP contribution in [0.2, 0.25) is 0 Å². The molecule has 1 N–H and O–H groups in total. The molecule has 9 heteroatoms. The number of benzene rings is 1. The van der Waals surface area contributed by atoms with Gasteiger partial charge in [0.25, 0.3) is 5.91 Å². The van der Waals surface area contributed by atoms with E-state index in [-0.39, 0.29) is 23.8 Å². The second kappa shape index (κ2) is 8.81. The van der Waals surface area contributed by atoms with Crippen LogP contribution in [0.3, 0.4) is 0 Å². The zero-order valence-corrected chi connectivity index (χ0v) is 18.0. The molecule has 1 fully saturated rings. The maximum Gasteiger partial charge on any atom is 0.326 e. The van der Waals surface area contributed by atoms with E-state index in [9.17, 15) is 14.0 Å². The Hall–Kier alpha value is -3.33. The average Bonchev–Trinajstić information content (AvgIpc) is 3.29. The summed E-state index contributed by atoms with van der Waals surface area (Å²) in [6.45, 7) is 4.95. The highest BCUT2D eigenvalue weighted by atomic mass is 32.1. The standard InChI is InChI=1S/C22H22FN5O2S/c1-14-12-28(22(30)27(14)13-16-5-7-18(23)8-6-16)21-26-15(2)19(31-21)20(29)25-11-17-4-3-9-24-10-17/h3-10,14H,11-13H2,1-2H3,(H,25,29)/t14-/m1/s1. The van der Waals surface area contributed by atoms with Crippen LogP contribution in [0.4, 0.5) is 14.3 Å². The molecule has 7 nitrogen and oxygen atoms in total. The predicted molar refractivity (Wildman–Crippen MR) is 116 cm³/mol. The Morgan fingerprint density at radius 2 is 2.03 bits per heavy atom. The van der Waals surface area contributed by atoms with E-state index in [0.717, 1.165) is 11.1 Å². The molecule has 1 saturated heterocycles. The van der Waals surface area contributed by atoms with Crippen molar-refractivity contribution in [3.05, 3.63) is 76.3 Å². The molecule has 1 aliphatic heterocycles. The summed E-state index contributed by atoms with van der Waals surface area (Å²) in [5.74, 6) is -0.535. The van der Waals surface area contributed by atoms with Crippen molar-refractivity contribution < 1.29 is 14.0 Å². The van der Waals surface area contributed by atoms with Gasteiger partial charge in [0.2, 0.25) is 0 Å². The SMILES string of the molecule is Cc1nc(N2C[C@@H](C)N(Cc3ccc(F)cc3)C2=O)sc1C(=O)NCc1cccnc1. The first-order chi connectivity index (χ1) is 14.9. The Labute approximate surface area is 183 Å². The molecule has 31 heavy (non-hydrogen) atoms. The Morgan fingerprint density at radius 3 is 2.74 bits per heavy atom. The van der Waals surface area contributed by atoms with Crippen LogP contribution in [0.15, 0.2) is 48.8 Å². The number of hydrogen-bond donors (Lipinski definition) is 1. The van der Waals surface area contributed by atoms with E-state index >= 15 is 0 Å². The van der Waals surface area contributed by atoms with Crippen molar-refractivity contribution in [1.82, 2.24) is 20.2 Å². The number of aryl methyl sites for hydroxylation is 1. The van der Waals surface area contributed by atoms with Gasteiger partial charge < -0.3 is 10.2 Å². The zero-order valence-electron chi connectivity index (χ0n) is 17.2. The van der Waals surface area contributed by atoms with E-state index in [1.54, 1.807) is 41.2 Å². The molecule has 1 aliphatic rings. The fourth-order valence-corrected chi connectivity index (χ4v) is 4.41. The number of thiazole rings is 1. The highest BCUT2D eigenvalue weighted by Gasteiger charge is 2.37. The maximum absolute atomic E-state index is 13.2. The van der Waals surface area contributed by atoms with Crippen LogP contribution < -0.4 is 10.2 Å². The number of anilines is 1. The molecule has 3 heterocycles. The van der Waals surface area contributed by atoms with Crippen LogP contribution in [0, 0.1) is 12.7 Å². The van der Waals surface area contributed by atoms with Gasteiger partial charge in [-0.25, -0.2) is 14.2 Å². The summed E-state index contributed by atoms with van der Waals surface area (Å²) in [6.07, 6.45) is 3.38. The third-order valence-corrected chi connectivity index (χ3v) is 6.30. The molecule has 4 rings (SSSR count). The summed E-state index contributed by atoms with van der Waals surface area (Å²) in [4.78, 5) is 38.0. The Kier molecular flexibility index (Phi) is 5.94. The fraction of sp³-hybridized carbons (Fsp3) is 0.273. The summed E-state index contributed by atoms with van der Waals surface area (Å²) in [5.41, 5.74) is 2.34. The van der Waals surface area contributed by atoms with E-state index in [0.29, 0.717) is 35.3 Å². The third-order valence-electron chi connectivity index (χ3n) is 5.12. The molecule has 0 unspecified atom stereocenters. The van der Waals surface area contributed by atoms with Crippen molar-refractivity contribution in [3.63, 3.8) is 0 Å². The predicted octanol–water partition coefficient (Wildman–Crippen LogP) is 3.75. The molecule has 1 atom stereocenters. The second-order valence-electron chi connectivity index (χ2n) is 7.45. The first kappa shape index (κ1) is 20.9. The average molecular weight is 440 g/mol. The number of urea groups is 1. The Bertz CT molecular complexity index is 1090. The number of amides is 3. The van der Waals surface area contributed by atoms with Gasteiger partial charge in [-0.1, -0.05) is 29.5 Å². The lowest BCUT2D eigenvalue weighted by atomic mass is 10.2. The van der Waals surface area contributed by atoms with Crippen LogP contribution in [0.5, 0.6) is 0 Å². The molecule has 0 aliphatic carbocycles. The number of nitrogens with zero attached hydrogens (tertiary/aromatic N) is 4. The van der Waals surface area contributed by atoms with Crippen LogP contribution in [0.1, 0.15) is 33.4 Å². The van der Waals surface area contributed by atoms with Crippen molar-refractivity contribution in [3.8, 4) is 0 Å².